The highest BCUT2D eigenvalue weighted by Gasteiger charge is 2.62. The molecule has 4 rings (SSSR count). The second-order valence-electron chi connectivity index (χ2n) is 8.91. The first-order valence-electron chi connectivity index (χ1n) is 11.6. The van der Waals surface area contributed by atoms with Gasteiger partial charge in [0.1, 0.15) is 23.4 Å². The van der Waals surface area contributed by atoms with Gasteiger partial charge in [0.25, 0.3) is 0 Å². The number of halogens is 1. The molecule has 1 N–H and O–H groups in total. The molecule has 1 saturated carbocycles. The number of rotatable bonds is 8. The van der Waals surface area contributed by atoms with E-state index in [0.717, 1.165) is 5.39 Å². The maximum atomic E-state index is 13.4. The van der Waals surface area contributed by atoms with E-state index in [2.05, 4.69) is 23.5 Å². The van der Waals surface area contributed by atoms with Crippen LogP contribution in [-0.2, 0) is 19.1 Å². The summed E-state index contributed by atoms with van der Waals surface area (Å²) in [6.07, 6.45) is 2.55. The summed E-state index contributed by atoms with van der Waals surface area (Å²) in [5.41, 5.74) is -0.524. The van der Waals surface area contributed by atoms with Crippen molar-refractivity contribution in [2.24, 2.45) is 5.92 Å². The lowest BCUT2D eigenvalue weighted by Gasteiger charge is -2.25. The Labute approximate surface area is 214 Å². The van der Waals surface area contributed by atoms with Gasteiger partial charge in [-0.15, -0.1) is 6.58 Å². The number of hydrogen-bond acceptors (Lipinski definition) is 7. The number of nitrogens with one attached hydrogen (secondary N) is 1. The average Bonchev–Trinajstić information content (AvgIpc) is 3.38. The summed E-state index contributed by atoms with van der Waals surface area (Å²) in [4.78, 5) is 44.5. The number of ether oxygens (including phenoxy) is 3. The van der Waals surface area contributed by atoms with Gasteiger partial charge in [-0.2, -0.15) is 0 Å². The van der Waals surface area contributed by atoms with Crippen LogP contribution in [0.2, 0.25) is 5.02 Å². The Bertz CT molecular complexity index is 1230. The molecule has 1 aliphatic carbocycles. The first-order valence-corrected chi connectivity index (χ1v) is 12.0. The van der Waals surface area contributed by atoms with E-state index < -0.39 is 35.7 Å². The molecule has 10 heteroatoms. The number of carbonyl (C=O) groups is 3. The summed E-state index contributed by atoms with van der Waals surface area (Å²) in [6, 6.07) is 6.06. The molecule has 2 aliphatic rings. The van der Waals surface area contributed by atoms with Crippen molar-refractivity contribution in [3.05, 3.63) is 60.5 Å². The maximum absolute atomic E-state index is 13.4. The van der Waals surface area contributed by atoms with Gasteiger partial charge in [0.15, 0.2) is 0 Å². The minimum absolute atomic E-state index is 0.0961. The Morgan fingerprint density at radius 1 is 1.33 bits per heavy atom. The van der Waals surface area contributed by atoms with Gasteiger partial charge in [0.2, 0.25) is 5.91 Å². The van der Waals surface area contributed by atoms with E-state index in [1.54, 1.807) is 50.4 Å². The predicted molar refractivity (Wildman–Crippen MR) is 133 cm³/mol. The summed E-state index contributed by atoms with van der Waals surface area (Å²) < 4.78 is 16.6. The fourth-order valence-electron chi connectivity index (χ4n) is 4.48. The molecule has 0 radical (unpaired) electrons. The molecule has 36 heavy (non-hydrogen) atoms. The van der Waals surface area contributed by atoms with Crippen molar-refractivity contribution in [3.63, 3.8) is 0 Å². The highest BCUT2D eigenvalue weighted by molar-refractivity contribution is 6.31. The van der Waals surface area contributed by atoms with Crippen molar-refractivity contribution in [2.75, 3.05) is 13.2 Å². The third-order valence-corrected chi connectivity index (χ3v) is 6.54. The molecule has 0 spiro atoms. The molecule has 1 saturated heterocycles. The smallest absolute Gasteiger partial charge is 0.415 e. The van der Waals surface area contributed by atoms with Crippen molar-refractivity contribution < 1.29 is 28.6 Å². The Balaban J connectivity index is 1.56. The quantitative estimate of drug-likeness (QED) is 0.323. The van der Waals surface area contributed by atoms with Crippen molar-refractivity contribution in [2.45, 2.75) is 44.4 Å². The van der Waals surface area contributed by atoms with Crippen LogP contribution in [0.25, 0.3) is 10.9 Å². The number of benzene rings is 1. The number of aromatic nitrogens is 1. The molecule has 2 heterocycles. The predicted octanol–water partition coefficient (Wildman–Crippen LogP) is 4.00. The molecule has 4 atom stereocenters. The van der Waals surface area contributed by atoms with E-state index in [9.17, 15) is 14.4 Å². The van der Waals surface area contributed by atoms with E-state index in [-0.39, 0.29) is 31.2 Å². The number of hydrogen-bond donors (Lipinski definition) is 1. The second kappa shape index (κ2) is 10.2. The number of likely N-dealkylation sites (tertiary alicyclic amines) is 1. The summed E-state index contributed by atoms with van der Waals surface area (Å²) in [5.74, 6) is -0.527. The average molecular weight is 514 g/mol. The number of fused-ring (bicyclic) bond motifs is 1. The highest BCUT2D eigenvalue weighted by Crippen LogP contribution is 2.45. The van der Waals surface area contributed by atoms with Crippen LogP contribution in [0, 0.1) is 5.92 Å². The van der Waals surface area contributed by atoms with Gasteiger partial charge in [0.05, 0.1) is 24.4 Å². The zero-order chi connectivity index (χ0) is 26.0. The lowest BCUT2D eigenvalue weighted by molar-refractivity contribution is -0.149. The SMILES string of the molecule is C=C[C@@H]1C[C@]1(NC(=O)[C@@H]1CC(Oc2ccnc3cc(Cl)ccc23)CN1C(=O)OC(=C)C)C(=O)OCC. The molecule has 1 aromatic carbocycles. The number of allylic oxidation sites excluding steroid dienone is 1. The molecule has 9 nitrogen and oxygen atoms in total. The number of carbonyl (C=O) groups excluding carboxylic acids is 3. The normalized spacial score (nSPS) is 24.6. The third-order valence-electron chi connectivity index (χ3n) is 6.31. The van der Waals surface area contributed by atoms with Crippen molar-refractivity contribution in [1.82, 2.24) is 15.2 Å². The number of nitrogens with zero attached hydrogens (tertiary/aromatic N) is 2. The molecule has 2 aromatic rings. The molecule has 1 unspecified atom stereocenters. The van der Waals surface area contributed by atoms with Crippen molar-refractivity contribution in [1.29, 1.82) is 0 Å². The zero-order valence-electron chi connectivity index (χ0n) is 20.2. The lowest BCUT2D eigenvalue weighted by atomic mass is 10.1. The first kappa shape index (κ1) is 25.5. The Morgan fingerprint density at radius 2 is 2.11 bits per heavy atom. The molecule has 2 amide bonds. The van der Waals surface area contributed by atoms with E-state index in [4.69, 9.17) is 25.8 Å². The van der Waals surface area contributed by atoms with Crippen LogP contribution in [0.4, 0.5) is 4.79 Å². The van der Waals surface area contributed by atoms with Crippen LogP contribution >= 0.6 is 11.6 Å². The van der Waals surface area contributed by atoms with Crippen molar-refractivity contribution in [3.8, 4) is 5.75 Å². The number of esters is 1. The summed E-state index contributed by atoms with van der Waals surface area (Å²) in [6.45, 7) is 10.9. The zero-order valence-corrected chi connectivity index (χ0v) is 20.9. The van der Waals surface area contributed by atoms with Gasteiger partial charge in [-0.3, -0.25) is 14.7 Å². The highest BCUT2D eigenvalue weighted by atomic mass is 35.5. The molecule has 1 aliphatic heterocycles. The first-order chi connectivity index (χ1) is 17.2. The van der Waals surface area contributed by atoms with Gasteiger partial charge in [-0.25, -0.2) is 9.59 Å². The van der Waals surface area contributed by atoms with Gasteiger partial charge >= 0.3 is 12.1 Å². The Hall–Kier alpha value is -3.59. The van der Waals surface area contributed by atoms with Gasteiger partial charge in [-0.1, -0.05) is 24.3 Å². The van der Waals surface area contributed by atoms with Crippen LogP contribution in [0.3, 0.4) is 0 Å². The largest absolute Gasteiger partial charge is 0.488 e. The maximum Gasteiger partial charge on any atom is 0.415 e. The molecule has 0 bridgehead atoms. The summed E-state index contributed by atoms with van der Waals surface area (Å²) in [7, 11) is 0. The molecular formula is C26H28ClN3O6. The minimum Gasteiger partial charge on any atom is -0.488 e. The molecule has 190 valence electrons. The van der Waals surface area contributed by atoms with Crippen molar-refractivity contribution >= 4 is 40.5 Å². The van der Waals surface area contributed by atoms with E-state index in [0.29, 0.717) is 22.7 Å². The number of pyridine rings is 1. The lowest BCUT2D eigenvalue weighted by Crippen LogP contribution is -2.53. The van der Waals surface area contributed by atoms with Crippen LogP contribution in [0.5, 0.6) is 5.75 Å². The second-order valence-corrected chi connectivity index (χ2v) is 9.35. The fourth-order valence-corrected chi connectivity index (χ4v) is 4.65. The summed E-state index contributed by atoms with van der Waals surface area (Å²) >= 11 is 6.08. The van der Waals surface area contributed by atoms with E-state index in [1.807, 2.05) is 0 Å². The van der Waals surface area contributed by atoms with Gasteiger partial charge in [0, 0.05) is 28.9 Å². The third kappa shape index (κ3) is 5.02. The Morgan fingerprint density at radius 3 is 2.78 bits per heavy atom. The van der Waals surface area contributed by atoms with Crippen LogP contribution < -0.4 is 10.1 Å². The molecule has 1 aromatic heterocycles. The van der Waals surface area contributed by atoms with E-state index >= 15 is 0 Å². The van der Waals surface area contributed by atoms with Crippen LogP contribution in [0.15, 0.2) is 55.5 Å². The topological polar surface area (TPSA) is 107 Å². The summed E-state index contributed by atoms with van der Waals surface area (Å²) in [5, 5.41) is 4.11. The van der Waals surface area contributed by atoms with Crippen LogP contribution in [-0.4, -0.2) is 58.7 Å². The fraction of sp³-hybridized carbons (Fsp3) is 0.385. The Kier molecular flexibility index (Phi) is 7.21. The number of amides is 2. The monoisotopic (exact) mass is 513 g/mol. The van der Waals surface area contributed by atoms with Gasteiger partial charge < -0.3 is 19.5 Å². The van der Waals surface area contributed by atoms with E-state index in [1.165, 1.54) is 4.90 Å². The van der Waals surface area contributed by atoms with Crippen LogP contribution in [0.1, 0.15) is 26.7 Å². The van der Waals surface area contributed by atoms with Gasteiger partial charge in [-0.05, 0) is 44.5 Å². The standard InChI is InChI=1S/C26H28ClN3O6/c1-5-16-13-26(16,24(32)34-6-2)29-23(31)21-12-18(14-30(21)25(33)35-15(3)4)36-22-9-10-28-20-11-17(27)7-8-19(20)22/h5,7-11,16,18,21H,1,3,6,12-14H2,2,4H3,(H,29,31)/t16-,18?,21+,26-/m1/s1. The minimum atomic E-state index is -1.18. The molecule has 2 fully saturated rings. The molecular weight excluding hydrogens is 486 g/mol.